The first-order valence-electron chi connectivity index (χ1n) is 9.28. The van der Waals surface area contributed by atoms with E-state index in [9.17, 15) is 9.59 Å². The summed E-state index contributed by atoms with van der Waals surface area (Å²) in [6, 6.07) is 11.7. The van der Waals surface area contributed by atoms with Crippen molar-refractivity contribution in [2.75, 3.05) is 13.2 Å². The second-order valence-corrected chi connectivity index (χ2v) is 8.32. The first-order chi connectivity index (χ1) is 14.9. The van der Waals surface area contributed by atoms with Gasteiger partial charge in [0.1, 0.15) is 6.61 Å². The number of hydrogen-bond donors (Lipinski definition) is 1. The van der Waals surface area contributed by atoms with Gasteiger partial charge >= 0.3 is 0 Å². The molecule has 0 saturated carbocycles. The van der Waals surface area contributed by atoms with Crippen LogP contribution in [-0.2, 0) is 4.79 Å². The normalized spacial score (nSPS) is 14.6. The second kappa shape index (κ2) is 10.5. The summed E-state index contributed by atoms with van der Waals surface area (Å²) < 4.78 is 11.5. The maximum atomic E-state index is 12.8. The highest BCUT2D eigenvalue weighted by Gasteiger charge is 2.33. The highest BCUT2D eigenvalue weighted by Crippen LogP contribution is 2.34. The number of ether oxygens (including phenoxy) is 2. The summed E-state index contributed by atoms with van der Waals surface area (Å²) in [7, 11) is 0. The molecule has 0 radical (unpaired) electrons. The van der Waals surface area contributed by atoms with Crippen LogP contribution in [0, 0.1) is 0 Å². The molecule has 1 fully saturated rings. The molecule has 6 nitrogen and oxygen atoms in total. The molecule has 1 N–H and O–H groups in total. The minimum Gasteiger partial charge on any atom is -0.490 e. The summed E-state index contributed by atoms with van der Waals surface area (Å²) in [6.45, 7) is 6.33. The molecular weight excluding hydrogens is 456 g/mol. The van der Waals surface area contributed by atoms with Crippen LogP contribution in [0.3, 0.4) is 0 Å². The van der Waals surface area contributed by atoms with Gasteiger partial charge in [-0.15, -0.1) is 0 Å². The summed E-state index contributed by atoms with van der Waals surface area (Å²) in [6.07, 6.45) is 3.33. The highest BCUT2D eigenvalue weighted by molar-refractivity contribution is 8.26. The van der Waals surface area contributed by atoms with Gasteiger partial charge in [-0.25, -0.2) is 0 Å². The van der Waals surface area contributed by atoms with Crippen molar-refractivity contribution in [2.45, 2.75) is 6.92 Å². The van der Waals surface area contributed by atoms with Crippen LogP contribution in [0.1, 0.15) is 22.8 Å². The lowest BCUT2D eigenvalue weighted by Crippen LogP contribution is -2.44. The fourth-order valence-electron chi connectivity index (χ4n) is 2.63. The van der Waals surface area contributed by atoms with Crippen LogP contribution in [0.4, 0.5) is 0 Å². The van der Waals surface area contributed by atoms with E-state index in [0.29, 0.717) is 40.2 Å². The van der Waals surface area contributed by atoms with Crippen molar-refractivity contribution < 1.29 is 19.1 Å². The van der Waals surface area contributed by atoms with Crippen molar-refractivity contribution in [3.63, 3.8) is 0 Å². The van der Waals surface area contributed by atoms with Gasteiger partial charge in [-0.05, 0) is 67.2 Å². The van der Waals surface area contributed by atoms with Crippen LogP contribution in [-0.4, -0.2) is 34.4 Å². The predicted molar refractivity (Wildman–Crippen MR) is 127 cm³/mol. The van der Waals surface area contributed by atoms with E-state index in [0.717, 1.165) is 22.3 Å². The van der Waals surface area contributed by atoms with E-state index in [1.54, 1.807) is 54.6 Å². The fraction of sp³-hybridized carbons (Fsp3) is 0.136. The van der Waals surface area contributed by atoms with E-state index in [2.05, 4.69) is 12.0 Å². The lowest BCUT2D eigenvalue weighted by molar-refractivity contribution is -0.123. The summed E-state index contributed by atoms with van der Waals surface area (Å²) in [4.78, 5) is 25.6. The van der Waals surface area contributed by atoms with E-state index >= 15 is 0 Å². The highest BCUT2D eigenvalue weighted by atomic mass is 35.5. The quantitative estimate of drug-likeness (QED) is 0.335. The fourth-order valence-corrected chi connectivity index (χ4v) is 3.94. The second-order valence-electron chi connectivity index (χ2n) is 6.20. The van der Waals surface area contributed by atoms with Crippen LogP contribution in [0.15, 0.2) is 60.0 Å². The van der Waals surface area contributed by atoms with Crippen LogP contribution in [0.2, 0.25) is 5.02 Å². The number of carbonyl (C=O) groups is 2. The van der Waals surface area contributed by atoms with Gasteiger partial charge in [-0.2, -0.15) is 5.01 Å². The van der Waals surface area contributed by atoms with Gasteiger partial charge in [0.15, 0.2) is 15.8 Å². The molecule has 2 amide bonds. The SMILES string of the molecule is C=CCOc1ccc(/C=C2/SC(=S)N(NC(=O)c3ccc(Cl)cc3)C2=O)cc1OCC. The zero-order valence-corrected chi connectivity index (χ0v) is 19.0. The topological polar surface area (TPSA) is 67.9 Å². The Kier molecular flexibility index (Phi) is 7.73. The van der Waals surface area contributed by atoms with E-state index < -0.39 is 11.8 Å². The molecule has 0 atom stereocenters. The first kappa shape index (κ1) is 22.9. The Hall–Kier alpha value is -2.81. The Labute approximate surface area is 194 Å². The molecule has 1 heterocycles. The zero-order valence-electron chi connectivity index (χ0n) is 16.6. The number of benzene rings is 2. The number of thiocarbonyl (C=S) groups is 1. The number of hydrazine groups is 1. The number of nitrogens with zero attached hydrogens (tertiary/aromatic N) is 1. The third kappa shape index (κ3) is 5.66. The molecule has 9 heteroatoms. The molecule has 31 heavy (non-hydrogen) atoms. The molecule has 0 aliphatic carbocycles. The number of thioether (sulfide) groups is 1. The van der Waals surface area contributed by atoms with Gasteiger partial charge in [-0.3, -0.25) is 15.0 Å². The molecule has 0 aromatic heterocycles. The van der Waals surface area contributed by atoms with Gasteiger partial charge in [0.25, 0.3) is 11.8 Å². The predicted octanol–water partition coefficient (Wildman–Crippen LogP) is 4.85. The van der Waals surface area contributed by atoms with Crippen molar-refractivity contribution >= 4 is 57.8 Å². The Bertz CT molecular complexity index is 1050. The molecule has 0 unspecified atom stereocenters. The molecule has 1 saturated heterocycles. The summed E-state index contributed by atoms with van der Waals surface area (Å²) in [5.41, 5.74) is 3.63. The van der Waals surface area contributed by atoms with E-state index in [1.165, 1.54) is 0 Å². The van der Waals surface area contributed by atoms with E-state index in [1.807, 2.05) is 6.92 Å². The van der Waals surface area contributed by atoms with Crippen LogP contribution in [0.5, 0.6) is 11.5 Å². The average Bonchev–Trinajstić information content (AvgIpc) is 3.01. The largest absolute Gasteiger partial charge is 0.490 e. The summed E-state index contributed by atoms with van der Waals surface area (Å²) in [5.74, 6) is 0.269. The third-order valence-corrected chi connectivity index (χ3v) is 5.59. The van der Waals surface area contributed by atoms with Crippen LogP contribution >= 0.6 is 35.6 Å². The number of amides is 2. The Morgan fingerprint density at radius 1 is 1.23 bits per heavy atom. The average molecular weight is 475 g/mol. The standard InChI is InChI=1S/C22H19ClN2O4S2/c1-3-11-29-17-10-5-14(12-18(17)28-4-2)13-19-21(27)25(22(30)31-19)24-20(26)15-6-8-16(23)9-7-15/h3,5-10,12-13H,1,4,11H2,2H3,(H,24,26)/b19-13+. The molecule has 0 spiro atoms. The molecule has 2 aromatic carbocycles. The van der Waals surface area contributed by atoms with E-state index in [4.69, 9.17) is 33.3 Å². The van der Waals surface area contributed by atoms with E-state index in [-0.39, 0.29) is 4.32 Å². The molecule has 1 aliphatic heterocycles. The smallest absolute Gasteiger partial charge is 0.285 e. The zero-order chi connectivity index (χ0) is 22.4. The molecular formula is C22H19ClN2O4S2. The lowest BCUT2D eigenvalue weighted by Gasteiger charge is -2.15. The third-order valence-electron chi connectivity index (χ3n) is 4.04. The van der Waals surface area contributed by atoms with Crippen molar-refractivity contribution in [1.82, 2.24) is 10.4 Å². The van der Waals surface area contributed by atoms with Crippen molar-refractivity contribution in [3.8, 4) is 11.5 Å². The van der Waals surface area contributed by atoms with Gasteiger partial charge in [0.2, 0.25) is 0 Å². The Morgan fingerprint density at radius 2 is 1.97 bits per heavy atom. The van der Waals surface area contributed by atoms with Crippen molar-refractivity contribution in [3.05, 3.63) is 76.2 Å². The maximum Gasteiger partial charge on any atom is 0.285 e. The number of halogens is 1. The van der Waals surface area contributed by atoms with Gasteiger partial charge in [-0.1, -0.05) is 42.1 Å². The molecule has 0 bridgehead atoms. The summed E-state index contributed by atoms with van der Waals surface area (Å²) in [5, 5.41) is 1.57. The van der Waals surface area contributed by atoms with Crippen molar-refractivity contribution in [2.24, 2.45) is 0 Å². The number of nitrogens with one attached hydrogen (secondary N) is 1. The van der Waals surface area contributed by atoms with Gasteiger partial charge < -0.3 is 9.47 Å². The minimum absolute atomic E-state index is 0.231. The number of rotatable bonds is 8. The Morgan fingerprint density at radius 3 is 2.65 bits per heavy atom. The lowest BCUT2D eigenvalue weighted by atomic mass is 10.2. The monoisotopic (exact) mass is 474 g/mol. The minimum atomic E-state index is -0.462. The number of carbonyl (C=O) groups excluding carboxylic acids is 2. The Balaban J connectivity index is 1.77. The van der Waals surface area contributed by atoms with Gasteiger partial charge in [0.05, 0.1) is 11.5 Å². The van der Waals surface area contributed by atoms with Crippen LogP contribution < -0.4 is 14.9 Å². The number of hydrogen-bond acceptors (Lipinski definition) is 6. The van der Waals surface area contributed by atoms with Gasteiger partial charge in [0, 0.05) is 10.6 Å². The first-order valence-corrected chi connectivity index (χ1v) is 10.9. The molecule has 3 rings (SSSR count). The summed E-state index contributed by atoms with van der Waals surface area (Å²) >= 11 is 12.2. The molecule has 1 aliphatic rings. The van der Waals surface area contributed by atoms with Crippen molar-refractivity contribution in [1.29, 1.82) is 0 Å². The maximum absolute atomic E-state index is 12.8. The molecule has 2 aromatic rings. The van der Waals surface area contributed by atoms with Crippen LogP contribution in [0.25, 0.3) is 6.08 Å². The molecule has 160 valence electrons.